The zero-order valence-corrected chi connectivity index (χ0v) is 24.6. The van der Waals surface area contributed by atoms with Crippen LogP contribution >= 0.6 is 11.3 Å². The Morgan fingerprint density at radius 1 is 0.467 bits per heavy atom. The molecule has 45 heavy (non-hydrogen) atoms. The first-order chi connectivity index (χ1) is 22.3. The van der Waals surface area contributed by atoms with Gasteiger partial charge in [0.15, 0.2) is 11.6 Å². The predicted octanol–water partition coefficient (Wildman–Crippen LogP) is 10.6. The summed E-state index contributed by atoms with van der Waals surface area (Å²) in [7, 11) is 0. The fourth-order valence-corrected chi connectivity index (χ4v) is 7.78. The maximum Gasteiger partial charge on any atom is 0.238 e. The first-order valence-corrected chi connectivity index (χ1v) is 15.7. The number of para-hydroxylation sites is 2. The van der Waals surface area contributed by atoms with Gasteiger partial charge in [0.05, 0.1) is 11.0 Å². The van der Waals surface area contributed by atoms with Crippen LogP contribution in [0.5, 0.6) is 0 Å². The van der Waals surface area contributed by atoms with Crippen molar-refractivity contribution in [3.8, 4) is 28.7 Å². The third-order valence-electron chi connectivity index (χ3n) is 8.67. The van der Waals surface area contributed by atoms with Gasteiger partial charge in [0.2, 0.25) is 5.95 Å². The summed E-state index contributed by atoms with van der Waals surface area (Å²) in [5.41, 5.74) is 5.59. The Hall–Kier alpha value is -5.85. The Labute approximate surface area is 260 Å². The second kappa shape index (κ2) is 9.32. The second-order valence-corrected chi connectivity index (χ2v) is 12.3. The van der Waals surface area contributed by atoms with Crippen LogP contribution in [0.15, 0.2) is 138 Å². The topological polar surface area (TPSA) is 56.7 Å². The summed E-state index contributed by atoms with van der Waals surface area (Å²) in [6.45, 7) is 0. The minimum absolute atomic E-state index is 0.577. The lowest BCUT2D eigenvalue weighted by molar-refractivity contribution is 0.669. The molecule has 10 rings (SSSR count). The highest BCUT2D eigenvalue weighted by molar-refractivity contribution is 7.26. The Kier molecular flexibility index (Phi) is 5.09. The molecule has 10 aromatic rings. The summed E-state index contributed by atoms with van der Waals surface area (Å²) < 4.78 is 11.0. The van der Waals surface area contributed by atoms with Crippen LogP contribution in [-0.4, -0.2) is 19.5 Å². The smallest absolute Gasteiger partial charge is 0.238 e. The number of rotatable bonds is 3. The van der Waals surface area contributed by atoms with Crippen molar-refractivity contribution in [3.63, 3.8) is 0 Å². The molecule has 0 aliphatic carbocycles. The van der Waals surface area contributed by atoms with Crippen LogP contribution in [0.2, 0.25) is 0 Å². The minimum atomic E-state index is 0.577. The van der Waals surface area contributed by atoms with Gasteiger partial charge in [-0.05, 0) is 42.5 Å². The molecule has 6 heteroatoms. The van der Waals surface area contributed by atoms with E-state index in [-0.39, 0.29) is 0 Å². The van der Waals surface area contributed by atoms with E-state index in [2.05, 4.69) is 83.4 Å². The number of fused-ring (bicyclic) bond motifs is 10. The van der Waals surface area contributed by atoms with Gasteiger partial charge in [0.1, 0.15) is 11.2 Å². The molecular weight excluding hydrogens is 573 g/mol. The summed E-state index contributed by atoms with van der Waals surface area (Å²) in [6.07, 6.45) is 0. The van der Waals surface area contributed by atoms with Gasteiger partial charge in [-0.25, -0.2) is 4.98 Å². The number of hydrogen-bond acceptors (Lipinski definition) is 5. The van der Waals surface area contributed by atoms with Crippen LogP contribution in [0.1, 0.15) is 0 Å². The molecule has 0 aliphatic heterocycles. The molecule has 0 amide bonds. The van der Waals surface area contributed by atoms with Crippen molar-refractivity contribution >= 4 is 75.3 Å². The van der Waals surface area contributed by atoms with E-state index in [0.717, 1.165) is 44.1 Å². The number of benzene rings is 6. The third-order valence-corrected chi connectivity index (χ3v) is 9.81. The molecule has 210 valence electrons. The van der Waals surface area contributed by atoms with Gasteiger partial charge in [0, 0.05) is 52.8 Å². The van der Waals surface area contributed by atoms with E-state index in [1.54, 1.807) is 0 Å². The molecule has 0 unspecified atom stereocenters. The summed E-state index contributed by atoms with van der Waals surface area (Å²) >= 11 is 1.83. The van der Waals surface area contributed by atoms with Gasteiger partial charge in [-0.1, -0.05) is 91.0 Å². The fourth-order valence-electron chi connectivity index (χ4n) is 6.67. The Morgan fingerprint density at radius 3 is 2.07 bits per heavy atom. The molecule has 0 radical (unpaired) electrons. The van der Waals surface area contributed by atoms with E-state index in [1.165, 1.54) is 30.9 Å². The lowest BCUT2D eigenvalue weighted by atomic mass is 10.1. The van der Waals surface area contributed by atoms with E-state index in [1.807, 2.05) is 65.9 Å². The van der Waals surface area contributed by atoms with Crippen molar-refractivity contribution in [2.24, 2.45) is 0 Å². The highest BCUT2D eigenvalue weighted by Gasteiger charge is 2.21. The van der Waals surface area contributed by atoms with Gasteiger partial charge < -0.3 is 4.42 Å². The molecule has 0 saturated heterocycles. The molecule has 0 saturated carbocycles. The standard InChI is InChI=1S/C39H22N4OS/c1-2-10-23(11-3-1)37-40-38(24-18-19-26-25-12-5-8-16-31(25)44-32(26)22-24)42-39(41-37)43-29-15-7-4-13-27(29)35-30(43)20-21-34-36(35)28-14-6-9-17-33(28)45-34/h1-22H. The maximum absolute atomic E-state index is 6.24. The van der Waals surface area contributed by atoms with Gasteiger partial charge >= 0.3 is 0 Å². The van der Waals surface area contributed by atoms with E-state index < -0.39 is 0 Å². The highest BCUT2D eigenvalue weighted by Crippen LogP contribution is 2.43. The van der Waals surface area contributed by atoms with Crippen molar-refractivity contribution in [2.75, 3.05) is 0 Å². The number of thiophene rings is 1. The number of aromatic nitrogens is 4. The second-order valence-electron chi connectivity index (χ2n) is 11.2. The average molecular weight is 595 g/mol. The molecule has 0 N–H and O–H groups in total. The molecule has 0 bridgehead atoms. The lowest BCUT2D eigenvalue weighted by Gasteiger charge is -2.11. The maximum atomic E-state index is 6.24. The van der Waals surface area contributed by atoms with E-state index in [0.29, 0.717) is 17.6 Å². The number of nitrogens with zero attached hydrogens (tertiary/aromatic N) is 4. The first kappa shape index (κ1) is 24.6. The Morgan fingerprint density at radius 2 is 1.18 bits per heavy atom. The fraction of sp³-hybridized carbons (Fsp3) is 0. The van der Waals surface area contributed by atoms with E-state index in [9.17, 15) is 0 Å². The van der Waals surface area contributed by atoms with Crippen molar-refractivity contribution < 1.29 is 4.42 Å². The van der Waals surface area contributed by atoms with Crippen molar-refractivity contribution in [1.29, 1.82) is 0 Å². The summed E-state index contributed by atoms with van der Waals surface area (Å²) in [6, 6.07) is 46.1. The van der Waals surface area contributed by atoms with E-state index in [4.69, 9.17) is 19.4 Å². The molecular formula is C39H22N4OS. The van der Waals surface area contributed by atoms with Crippen LogP contribution in [0.25, 0.3) is 92.6 Å². The van der Waals surface area contributed by atoms with Gasteiger partial charge in [-0.15, -0.1) is 11.3 Å². The lowest BCUT2D eigenvalue weighted by Crippen LogP contribution is -2.06. The van der Waals surface area contributed by atoms with E-state index >= 15 is 0 Å². The van der Waals surface area contributed by atoms with Crippen LogP contribution in [0, 0.1) is 0 Å². The molecule has 0 spiro atoms. The van der Waals surface area contributed by atoms with Crippen molar-refractivity contribution in [2.45, 2.75) is 0 Å². The molecule has 0 atom stereocenters. The Balaban J connectivity index is 1.28. The number of hydrogen-bond donors (Lipinski definition) is 0. The monoisotopic (exact) mass is 594 g/mol. The molecule has 0 aliphatic rings. The Bertz CT molecular complexity index is 2770. The third kappa shape index (κ3) is 3.63. The minimum Gasteiger partial charge on any atom is -0.456 e. The summed E-state index contributed by atoms with van der Waals surface area (Å²) in [5, 5.41) is 7.10. The molecule has 6 aromatic carbocycles. The quantitative estimate of drug-likeness (QED) is 0.204. The molecule has 4 aromatic heterocycles. The van der Waals surface area contributed by atoms with Crippen LogP contribution < -0.4 is 0 Å². The predicted molar refractivity (Wildman–Crippen MR) is 185 cm³/mol. The summed E-state index contributed by atoms with van der Waals surface area (Å²) in [4.78, 5) is 15.3. The first-order valence-electron chi connectivity index (χ1n) is 14.9. The van der Waals surface area contributed by atoms with Gasteiger partial charge in [0.25, 0.3) is 0 Å². The van der Waals surface area contributed by atoms with Gasteiger partial charge in [-0.2, -0.15) is 9.97 Å². The molecule has 5 nitrogen and oxygen atoms in total. The summed E-state index contributed by atoms with van der Waals surface area (Å²) in [5.74, 6) is 1.79. The zero-order valence-electron chi connectivity index (χ0n) is 23.8. The van der Waals surface area contributed by atoms with Crippen molar-refractivity contribution in [3.05, 3.63) is 133 Å². The highest BCUT2D eigenvalue weighted by atomic mass is 32.1. The van der Waals surface area contributed by atoms with Crippen LogP contribution in [0.3, 0.4) is 0 Å². The molecule has 4 heterocycles. The van der Waals surface area contributed by atoms with Crippen LogP contribution in [0.4, 0.5) is 0 Å². The van der Waals surface area contributed by atoms with Crippen molar-refractivity contribution in [1.82, 2.24) is 19.5 Å². The van der Waals surface area contributed by atoms with Crippen LogP contribution in [-0.2, 0) is 0 Å². The van der Waals surface area contributed by atoms with Gasteiger partial charge in [-0.3, -0.25) is 4.57 Å². The number of furan rings is 1. The molecule has 0 fully saturated rings. The zero-order chi connectivity index (χ0) is 29.5. The average Bonchev–Trinajstić information content (AvgIpc) is 3.77. The normalized spacial score (nSPS) is 12.0. The SMILES string of the molecule is c1ccc(-c2nc(-c3ccc4c(c3)oc3ccccc34)nc(-n3c4ccccc4c4c5c(ccc43)sc3ccccc35)n2)cc1. The largest absolute Gasteiger partial charge is 0.456 e.